The van der Waals surface area contributed by atoms with Crippen molar-refractivity contribution < 1.29 is 4.79 Å². The van der Waals surface area contributed by atoms with Gasteiger partial charge in [0.25, 0.3) is 5.91 Å². The maximum atomic E-state index is 12.0. The molecule has 132 valence electrons. The van der Waals surface area contributed by atoms with Gasteiger partial charge < -0.3 is 5.32 Å². The predicted molar refractivity (Wildman–Crippen MR) is 100 cm³/mol. The Morgan fingerprint density at radius 1 is 1.27 bits per heavy atom. The molecule has 26 heavy (non-hydrogen) atoms. The van der Waals surface area contributed by atoms with Gasteiger partial charge in [-0.25, -0.2) is 0 Å². The van der Waals surface area contributed by atoms with Crippen LogP contribution >= 0.6 is 11.3 Å². The fourth-order valence-electron chi connectivity index (χ4n) is 2.29. The number of benzene rings is 1. The lowest BCUT2D eigenvalue weighted by Gasteiger charge is -2.06. The van der Waals surface area contributed by atoms with E-state index < -0.39 is 0 Å². The minimum atomic E-state index is -0.167. The summed E-state index contributed by atoms with van der Waals surface area (Å²) in [4.78, 5) is 16.2. The summed E-state index contributed by atoms with van der Waals surface area (Å²) in [5.74, 6) is 0.132. The first-order chi connectivity index (χ1) is 12.6. The molecule has 0 unspecified atom stereocenters. The van der Waals surface area contributed by atoms with Crippen LogP contribution in [0.4, 0.5) is 0 Å². The number of carbonyl (C=O) groups is 1. The number of amides is 1. The second kappa shape index (κ2) is 7.83. The van der Waals surface area contributed by atoms with Gasteiger partial charge in [0, 0.05) is 30.9 Å². The van der Waals surface area contributed by atoms with Crippen molar-refractivity contribution in [3.8, 4) is 10.6 Å². The van der Waals surface area contributed by atoms with Crippen molar-refractivity contribution >= 4 is 23.1 Å². The largest absolute Gasteiger partial charge is 0.348 e. The van der Waals surface area contributed by atoms with Crippen LogP contribution in [0.3, 0.4) is 0 Å². The first-order valence-electron chi connectivity index (χ1n) is 8.08. The molecule has 0 saturated heterocycles. The van der Waals surface area contributed by atoms with Gasteiger partial charge in [0.1, 0.15) is 10.8 Å². The number of pyridine rings is 1. The molecule has 3 N–H and O–H groups in total. The summed E-state index contributed by atoms with van der Waals surface area (Å²) in [6, 6.07) is 11.1. The number of hydrogen-bond acceptors (Lipinski definition) is 6. The van der Waals surface area contributed by atoms with E-state index in [9.17, 15) is 4.79 Å². The Balaban J connectivity index is 1.68. The summed E-state index contributed by atoms with van der Waals surface area (Å²) in [6.07, 6.45) is 3.68. The molecule has 0 aliphatic carbocycles. The van der Waals surface area contributed by atoms with Crippen molar-refractivity contribution in [3.05, 3.63) is 64.7 Å². The van der Waals surface area contributed by atoms with Gasteiger partial charge in [0.2, 0.25) is 4.80 Å². The van der Waals surface area contributed by atoms with Crippen molar-refractivity contribution in [2.24, 2.45) is 0 Å². The van der Waals surface area contributed by atoms with E-state index in [1.54, 1.807) is 18.3 Å². The number of nitrogens with zero attached hydrogens (tertiary/aromatic N) is 3. The van der Waals surface area contributed by atoms with Crippen LogP contribution in [-0.2, 0) is 6.54 Å². The first-order valence-corrected chi connectivity index (χ1v) is 8.90. The van der Waals surface area contributed by atoms with Gasteiger partial charge in [-0.3, -0.25) is 20.6 Å². The van der Waals surface area contributed by atoms with Crippen LogP contribution in [-0.4, -0.2) is 26.5 Å². The third-order valence-corrected chi connectivity index (χ3v) is 4.62. The molecule has 0 spiro atoms. The van der Waals surface area contributed by atoms with Crippen molar-refractivity contribution in [3.63, 3.8) is 0 Å². The number of rotatable bonds is 5. The third-order valence-electron chi connectivity index (χ3n) is 3.74. The standard InChI is InChI=1S/C18H18N6OS/c1-2-15(19)24-18(20)26-17(23-24)13-7-5-12(6-8-13)10-22-16(25)14-4-3-9-21-11-14/h3-9,11,19-20H,2,10H2,1H3,(H,22,25). The molecule has 1 aromatic carbocycles. The van der Waals surface area contributed by atoms with Crippen LogP contribution in [0.25, 0.3) is 10.6 Å². The Kier molecular flexibility index (Phi) is 5.33. The molecule has 0 aliphatic rings. The topological polar surface area (TPSA) is 108 Å². The van der Waals surface area contributed by atoms with E-state index in [0.717, 1.165) is 11.1 Å². The summed E-state index contributed by atoms with van der Waals surface area (Å²) in [5, 5.41) is 23.7. The lowest BCUT2D eigenvalue weighted by atomic mass is 10.1. The van der Waals surface area contributed by atoms with Crippen LogP contribution in [0.1, 0.15) is 29.3 Å². The quantitative estimate of drug-likeness (QED) is 0.477. The normalized spacial score (nSPS) is 10.5. The smallest absolute Gasteiger partial charge is 0.253 e. The van der Waals surface area contributed by atoms with E-state index in [4.69, 9.17) is 10.8 Å². The Bertz CT molecular complexity index is 975. The molecule has 7 nitrogen and oxygen atoms in total. The van der Waals surface area contributed by atoms with Crippen molar-refractivity contribution in [2.75, 3.05) is 0 Å². The average molecular weight is 366 g/mol. The van der Waals surface area contributed by atoms with Crippen molar-refractivity contribution in [1.82, 2.24) is 20.1 Å². The second-order valence-corrected chi connectivity index (χ2v) is 6.52. The lowest BCUT2D eigenvalue weighted by Crippen LogP contribution is -2.22. The average Bonchev–Trinajstić information content (AvgIpc) is 3.08. The van der Waals surface area contributed by atoms with Crippen LogP contribution in [0.15, 0.2) is 48.8 Å². The zero-order chi connectivity index (χ0) is 18.5. The number of hydrogen-bond donors (Lipinski definition) is 3. The molecule has 8 heteroatoms. The maximum Gasteiger partial charge on any atom is 0.253 e. The molecule has 2 heterocycles. The number of carbonyl (C=O) groups excluding carboxylic acids is 1. The monoisotopic (exact) mass is 366 g/mol. The Hall–Kier alpha value is -3.13. The van der Waals surface area contributed by atoms with Crippen LogP contribution in [0.5, 0.6) is 0 Å². The number of nitrogens with one attached hydrogen (secondary N) is 3. The second-order valence-electron chi connectivity index (χ2n) is 5.55. The van der Waals surface area contributed by atoms with Crippen LogP contribution < -0.4 is 10.1 Å². The van der Waals surface area contributed by atoms with E-state index in [1.165, 1.54) is 22.2 Å². The molecule has 0 atom stereocenters. The van der Waals surface area contributed by atoms with Gasteiger partial charge in [-0.1, -0.05) is 42.5 Å². The molecule has 1 amide bonds. The predicted octanol–water partition coefficient (Wildman–Crippen LogP) is 2.65. The highest BCUT2D eigenvalue weighted by Gasteiger charge is 2.09. The summed E-state index contributed by atoms with van der Waals surface area (Å²) < 4.78 is 1.35. The Morgan fingerprint density at radius 2 is 2.04 bits per heavy atom. The van der Waals surface area contributed by atoms with E-state index in [0.29, 0.717) is 29.4 Å². The van der Waals surface area contributed by atoms with E-state index in [-0.39, 0.29) is 10.7 Å². The summed E-state index contributed by atoms with van der Waals surface area (Å²) >= 11 is 1.23. The van der Waals surface area contributed by atoms with Gasteiger partial charge in [-0.15, -0.1) is 0 Å². The highest BCUT2D eigenvalue weighted by atomic mass is 32.1. The molecular formula is C18H18N6OS. The molecule has 3 rings (SSSR count). The van der Waals surface area contributed by atoms with Gasteiger partial charge in [0.05, 0.1) is 5.56 Å². The van der Waals surface area contributed by atoms with Crippen LogP contribution in [0, 0.1) is 10.8 Å². The maximum absolute atomic E-state index is 12.0. The summed E-state index contributed by atoms with van der Waals surface area (Å²) in [5.41, 5.74) is 2.37. The molecule has 0 aliphatic heterocycles. The summed E-state index contributed by atoms with van der Waals surface area (Å²) in [6.45, 7) is 2.28. The fraction of sp³-hybridized carbons (Fsp3) is 0.167. The van der Waals surface area contributed by atoms with E-state index >= 15 is 0 Å². The Labute approximate surface area is 154 Å². The summed E-state index contributed by atoms with van der Waals surface area (Å²) in [7, 11) is 0. The first kappa shape index (κ1) is 17.7. The SMILES string of the molecule is CCC(=N)n1nc(-c2ccc(CNC(=O)c3cccnc3)cc2)sc1=N. The third kappa shape index (κ3) is 3.92. The molecular weight excluding hydrogens is 348 g/mol. The molecule has 0 bridgehead atoms. The highest BCUT2D eigenvalue weighted by Crippen LogP contribution is 2.20. The molecule has 3 aromatic rings. The van der Waals surface area contributed by atoms with Gasteiger partial charge in [-0.05, 0) is 17.7 Å². The van der Waals surface area contributed by atoms with E-state index in [1.807, 2.05) is 31.2 Å². The number of aromatic nitrogens is 3. The molecule has 2 aromatic heterocycles. The molecule has 0 saturated carbocycles. The van der Waals surface area contributed by atoms with E-state index in [2.05, 4.69) is 15.4 Å². The molecule has 0 radical (unpaired) electrons. The Morgan fingerprint density at radius 3 is 2.69 bits per heavy atom. The van der Waals surface area contributed by atoms with Gasteiger partial charge >= 0.3 is 0 Å². The zero-order valence-electron chi connectivity index (χ0n) is 14.2. The van der Waals surface area contributed by atoms with Crippen LogP contribution in [0.2, 0.25) is 0 Å². The lowest BCUT2D eigenvalue weighted by molar-refractivity contribution is 0.0950. The highest BCUT2D eigenvalue weighted by molar-refractivity contribution is 7.12. The van der Waals surface area contributed by atoms with Gasteiger partial charge in [-0.2, -0.15) is 9.78 Å². The van der Waals surface area contributed by atoms with Gasteiger partial charge in [0.15, 0.2) is 0 Å². The van der Waals surface area contributed by atoms with Crippen molar-refractivity contribution in [2.45, 2.75) is 19.9 Å². The molecule has 0 fully saturated rings. The van der Waals surface area contributed by atoms with Crippen molar-refractivity contribution in [1.29, 1.82) is 10.8 Å². The fourth-order valence-corrected chi connectivity index (χ4v) is 3.08. The zero-order valence-corrected chi connectivity index (χ0v) is 15.0. The minimum absolute atomic E-state index is 0.167. The minimum Gasteiger partial charge on any atom is -0.348 e.